The van der Waals surface area contributed by atoms with Crippen LogP contribution < -0.4 is 0 Å². The van der Waals surface area contributed by atoms with Gasteiger partial charge >= 0.3 is 0 Å². The van der Waals surface area contributed by atoms with Gasteiger partial charge in [0.05, 0.1) is 25.4 Å². The molecule has 4 atom stereocenters. The van der Waals surface area contributed by atoms with Crippen molar-refractivity contribution >= 4 is 0 Å². The van der Waals surface area contributed by atoms with E-state index in [2.05, 4.69) is 10.0 Å². The van der Waals surface area contributed by atoms with E-state index in [1.165, 1.54) is 0 Å². The summed E-state index contributed by atoms with van der Waals surface area (Å²) in [7, 11) is 0. The van der Waals surface area contributed by atoms with Crippen molar-refractivity contribution in [3.8, 4) is 0 Å². The lowest BCUT2D eigenvalue weighted by Gasteiger charge is -2.43. The molecule has 24 heavy (non-hydrogen) atoms. The number of azide groups is 1. The Morgan fingerprint density at radius 3 is 2.71 bits per heavy atom. The molecule has 2 aliphatic heterocycles. The summed E-state index contributed by atoms with van der Waals surface area (Å²) in [6.07, 6.45) is -1.90. The van der Waals surface area contributed by atoms with Crippen molar-refractivity contribution < 1.29 is 24.1 Å². The Hall–Kier alpha value is -1.67. The molecule has 0 unspecified atom stereocenters. The van der Waals surface area contributed by atoms with Gasteiger partial charge in [0.2, 0.25) is 5.79 Å². The van der Waals surface area contributed by atoms with E-state index >= 15 is 0 Å². The van der Waals surface area contributed by atoms with Gasteiger partial charge in [0.15, 0.2) is 5.79 Å². The Morgan fingerprint density at radius 2 is 2.08 bits per heavy atom. The van der Waals surface area contributed by atoms with Gasteiger partial charge in [-0.05, 0) is 24.9 Å². The zero-order valence-corrected chi connectivity index (χ0v) is 13.7. The van der Waals surface area contributed by atoms with Crippen LogP contribution in [0.2, 0.25) is 0 Å². The van der Waals surface area contributed by atoms with Crippen LogP contribution in [-0.4, -0.2) is 48.1 Å². The highest BCUT2D eigenvalue weighted by Gasteiger charge is 2.58. The first-order valence-corrected chi connectivity index (χ1v) is 7.82. The van der Waals surface area contributed by atoms with Crippen LogP contribution >= 0.6 is 0 Å². The highest BCUT2D eigenvalue weighted by molar-refractivity contribution is 5.13. The highest BCUT2D eigenvalue weighted by Crippen LogP contribution is 2.40. The largest absolute Gasteiger partial charge is 0.385 e. The van der Waals surface area contributed by atoms with Gasteiger partial charge in [0.1, 0.15) is 12.7 Å². The lowest BCUT2D eigenvalue weighted by molar-refractivity contribution is -0.328. The van der Waals surface area contributed by atoms with Crippen LogP contribution in [-0.2, 0) is 25.6 Å². The maximum atomic E-state index is 10.8. The van der Waals surface area contributed by atoms with Crippen LogP contribution in [0.15, 0.2) is 35.4 Å². The molecule has 3 rings (SSSR count). The summed E-state index contributed by atoms with van der Waals surface area (Å²) in [5.41, 5.74) is 9.71. The van der Waals surface area contributed by atoms with Crippen molar-refractivity contribution in [2.75, 3.05) is 13.2 Å². The third kappa shape index (κ3) is 3.39. The molecule has 2 fully saturated rings. The standard InChI is InChI=1S/C16H21N3O5/c1-15(2)23-10-16(24-15)14(20)13(12(9-22-16)18-19-17)21-8-11-6-4-3-5-7-11/h3-7,12-14,20H,8-10H2,1-2H3/t12-,13-,14-,16+/m1/s1. The van der Waals surface area contributed by atoms with E-state index in [0.717, 1.165) is 5.56 Å². The predicted octanol–water partition coefficient (Wildman–Crippen LogP) is 2.12. The molecule has 8 heteroatoms. The van der Waals surface area contributed by atoms with E-state index in [9.17, 15) is 5.11 Å². The van der Waals surface area contributed by atoms with Gasteiger partial charge < -0.3 is 24.1 Å². The highest BCUT2D eigenvalue weighted by atomic mass is 16.8. The lowest BCUT2D eigenvalue weighted by Crippen LogP contribution is -2.62. The van der Waals surface area contributed by atoms with Crippen LogP contribution in [0.3, 0.4) is 0 Å². The van der Waals surface area contributed by atoms with Crippen LogP contribution in [0.5, 0.6) is 0 Å². The quantitative estimate of drug-likeness (QED) is 0.515. The summed E-state index contributed by atoms with van der Waals surface area (Å²) < 4.78 is 22.9. The molecule has 1 spiro atoms. The zero-order chi connectivity index (χ0) is 17.2. The topological polar surface area (TPSA) is 106 Å². The summed E-state index contributed by atoms with van der Waals surface area (Å²) in [6.45, 7) is 3.93. The van der Waals surface area contributed by atoms with Crippen molar-refractivity contribution in [3.05, 3.63) is 46.3 Å². The Kier molecular flexibility index (Phi) is 4.78. The van der Waals surface area contributed by atoms with E-state index in [4.69, 9.17) is 24.5 Å². The number of nitrogens with zero attached hydrogens (tertiary/aromatic N) is 3. The molecule has 1 aromatic rings. The van der Waals surface area contributed by atoms with Gasteiger partial charge in [-0.25, -0.2) is 0 Å². The van der Waals surface area contributed by atoms with Gasteiger partial charge in [-0.2, -0.15) is 0 Å². The van der Waals surface area contributed by atoms with Gasteiger partial charge in [-0.3, -0.25) is 0 Å². The van der Waals surface area contributed by atoms with Crippen molar-refractivity contribution in [1.82, 2.24) is 0 Å². The minimum atomic E-state index is -1.31. The molecular weight excluding hydrogens is 314 g/mol. The Bertz CT molecular complexity index is 619. The second-order valence-corrected chi connectivity index (χ2v) is 6.39. The molecule has 8 nitrogen and oxygen atoms in total. The maximum Gasteiger partial charge on any atom is 0.224 e. The molecule has 0 radical (unpaired) electrons. The Balaban J connectivity index is 1.77. The lowest BCUT2D eigenvalue weighted by atomic mass is 9.95. The van der Waals surface area contributed by atoms with Crippen molar-refractivity contribution in [1.29, 1.82) is 0 Å². The third-order valence-electron chi connectivity index (χ3n) is 4.16. The van der Waals surface area contributed by atoms with E-state index in [-0.39, 0.29) is 19.8 Å². The molecule has 1 aromatic carbocycles. The monoisotopic (exact) mass is 335 g/mol. The van der Waals surface area contributed by atoms with Gasteiger partial charge in [0, 0.05) is 4.91 Å². The average molecular weight is 335 g/mol. The predicted molar refractivity (Wildman–Crippen MR) is 83.8 cm³/mol. The smallest absolute Gasteiger partial charge is 0.224 e. The first kappa shape index (κ1) is 17.2. The average Bonchev–Trinajstić information content (AvgIpc) is 2.88. The number of rotatable bonds is 4. The van der Waals surface area contributed by atoms with Gasteiger partial charge in [-0.1, -0.05) is 35.4 Å². The van der Waals surface area contributed by atoms with Crippen molar-refractivity contribution in [3.63, 3.8) is 0 Å². The fraction of sp³-hybridized carbons (Fsp3) is 0.625. The van der Waals surface area contributed by atoms with Crippen LogP contribution in [0.1, 0.15) is 19.4 Å². The minimum absolute atomic E-state index is 0.0787. The fourth-order valence-electron chi connectivity index (χ4n) is 2.97. The molecule has 2 aliphatic rings. The zero-order valence-electron chi connectivity index (χ0n) is 13.7. The van der Waals surface area contributed by atoms with Crippen molar-refractivity contribution in [2.24, 2.45) is 5.11 Å². The molecule has 2 saturated heterocycles. The van der Waals surface area contributed by atoms with E-state index in [1.807, 2.05) is 30.3 Å². The summed E-state index contributed by atoms with van der Waals surface area (Å²) in [4.78, 5) is 2.82. The molecule has 0 amide bonds. The normalized spacial score (nSPS) is 34.9. The molecule has 130 valence electrons. The second-order valence-electron chi connectivity index (χ2n) is 6.39. The number of benzene rings is 1. The summed E-state index contributed by atoms with van der Waals surface area (Å²) in [5, 5.41) is 14.5. The van der Waals surface area contributed by atoms with Crippen LogP contribution in [0, 0.1) is 0 Å². The van der Waals surface area contributed by atoms with Crippen molar-refractivity contribution in [2.45, 2.75) is 50.3 Å². The van der Waals surface area contributed by atoms with Gasteiger partial charge in [-0.15, -0.1) is 0 Å². The molecule has 0 aromatic heterocycles. The molecular formula is C16H21N3O5. The Morgan fingerprint density at radius 1 is 1.33 bits per heavy atom. The molecule has 0 bridgehead atoms. The summed E-state index contributed by atoms with van der Waals surface area (Å²) in [5.74, 6) is -2.18. The van der Waals surface area contributed by atoms with E-state index in [0.29, 0.717) is 0 Å². The van der Waals surface area contributed by atoms with Gasteiger partial charge in [0.25, 0.3) is 0 Å². The second kappa shape index (κ2) is 6.68. The summed E-state index contributed by atoms with van der Waals surface area (Å²) in [6, 6.07) is 8.91. The SMILES string of the molecule is CC1(C)OC[C@]2(OC[C@@H](N=[N+]=[N-])[C@@H](OCc3ccccc3)[C@H]2O)O1. The van der Waals surface area contributed by atoms with Crippen LogP contribution in [0.25, 0.3) is 10.4 Å². The fourth-order valence-corrected chi connectivity index (χ4v) is 2.97. The molecule has 0 saturated carbocycles. The van der Waals surface area contributed by atoms with E-state index in [1.54, 1.807) is 13.8 Å². The number of hydrogen-bond donors (Lipinski definition) is 1. The number of aliphatic hydroxyl groups is 1. The minimum Gasteiger partial charge on any atom is -0.385 e. The maximum absolute atomic E-state index is 10.8. The Labute approximate surface area is 139 Å². The van der Waals surface area contributed by atoms with Crippen LogP contribution in [0.4, 0.5) is 0 Å². The number of ether oxygens (including phenoxy) is 4. The van der Waals surface area contributed by atoms with E-state index < -0.39 is 29.8 Å². The molecule has 1 N–H and O–H groups in total. The number of aliphatic hydroxyl groups excluding tert-OH is 1. The summed E-state index contributed by atoms with van der Waals surface area (Å²) >= 11 is 0. The first-order chi connectivity index (χ1) is 11.5. The third-order valence-corrected chi connectivity index (χ3v) is 4.16. The first-order valence-electron chi connectivity index (χ1n) is 7.82. The molecule has 0 aliphatic carbocycles. The molecule has 2 heterocycles. The number of hydrogen-bond acceptors (Lipinski definition) is 6.